The summed E-state index contributed by atoms with van der Waals surface area (Å²) in [6.45, 7) is 4.90. The summed E-state index contributed by atoms with van der Waals surface area (Å²) in [7, 11) is 0. The van der Waals surface area contributed by atoms with Gasteiger partial charge in [-0.05, 0) is 53.9 Å². The lowest BCUT2D eigenvalue weighted by atomic mass is 9.99. The Labute approximate surface area is 174 Å². The van der Waals surface area contributed by atoms with E-state index in [1.807, 2.05) is 6.20 Å². The van der Waals surface area contributed by atoms with Crippen LogP contribution in [-0.2, 0) is 6.54 Å². The molecule has 30 heavy (non-hydrogen) atoms. The number of nitrogens with zero attached hydrogens (tertiary/aromatic N) is 5. The molecule has 11 heteroatoms. The molecule has 2 aliphatic rings. The Morgan fingerprint density at radius 1 is 1.37 bits per heavy atom. The number of rotatable bonds is 6. The van der Waals surface area contributed by atoms with E-state index >= 15 is 0 Å². The first-order chi connectivity index (χ1) is 14.6. The van der Waals surface area contributed by atoms with Crippen molar-refractivity contribution in [2.45, 2.75) is 45.6 Å². The molecule has 1 amide bonds. The predicted octanol–water partition coefficient (Wildman–Crippen LogP) is -0.0943. The molecule has 1 saturated heterocycles. The zero-order valence-corrected chi connectivity index (χ0v) is 17.1. The van der Waals surface area contributed by atoms with Crippen molar-refractivity contribution in [2.75, 3.05) is 18.8 Å². The van der Waals surface area contributed by atoms with Gasteiger partial charge in [-0.1, -0.05) is 24.3 Å². The SMILES string of the molecule is CC1CC[NH+](Cc2c(C(=O)NNC=C3CC=CCC3)nnn2-c2nonc2N)CC1. The monoisotopic (exact) mass is 414 g/mol. The molecule has 5 N–H and O–H groups in total. The van der Waals surface area contributed by atoms with Gasteiger partial charge in [0.25, 0.3) is 5.91 Å². The maximum Gasteiger partial charge on any atom is 0.292 e. The minimum absolute atomic E-state index is 0.101. The summed E-state index contributed by atoms with van der Waals surface area (Å²) in [5, 5.41) is 15.7. The minimum atomic E-state index is -0.362. The second kappa shape index (κ2) is 9.08. The van der Waals surface area contributed by atoms with E-state index in [1.54, 1.807) is 0 Å². The average Bonchev–Trinajstić information content (AvgIpc) is 3.36. The van der Waals surface area contributed by atoms with Gasteiger partial charge in [0.2, 0.25) is 11.6 Å². The molecule has 1 fully saturated rings. The second-order valence-electron chi connectivity index (χ2n) is 7.99. The zero-order chi connectivity index (χ0) is 20.9. The highest BCUT2D eigenvalue weighted by Crippen LogP contribution is 2.17. The van der Waals surface area contributed by atoms with Crippen molar-refractivity contribution in [1.29, 1.82) is 0 Å². The third-order valence-electron chi connectivity index (χ3n) is 5.71. The van der Waals surface area contributed by atoms with Crippen LogP contribution in [0.5, 0.6) is 0 Å². The highest BCUT2D eigenvalue weighted by molar-refractivity contribution is 5.93. The van der Waals surface area contributed by atoms with E-state index in [1.165, 1.54) is 15.2 Å². The van der Waals surface area contributed by atoms with Crippen LogP contribution >= 0.6 is 0 Å². The second-order valence-corrected chi connectivity index (χ2v) is 7.99. The minimum Gasteiger partial charge on any atom is -0.378 e. The van der Waals surface area contributed by atoms with E-state index in [4.69, 9.17) is 10.4 Å². The molecular weight excluding hydrogens is 386 g/mol. The molecule has 2 aromatic rings. The molecule has 2 aromatic heterocycles. The lowest BCUT2D eigenvalue weighted by molar-refractivity contribution is -0.920. The van der Waals surface area contributed by atoms with Crippen LogP contribution in [0.2, 0.25) is 0 Å². The molecule has 0 unspecified atom stereocenters. The molecule has 11 nitrogen and oxygen atoms in total. The van der Waals surface area contributed by atoms with Gasteiger partial charge in [0, 0.05) is 6.20 Å². The number of hydrogen-bond acceptors (Lipinski definition) is 8. The van der Waals surface area contributed by atoms with E-state index in [2.05, 4.69) is 50.6 Å². The van der Waals surface area contributed by atoms with E-state index in [-0.39, 0.29) is 23.2 Å². The van der Waals surface area contributed by atoms with Crippen molar-refractivity contribution in [1.82, 2.24) is 36.2 Å². The number of quaternary nitrogens is 1. The zero-order valence-electron chi connectivity index (χ0n) is 17.1. The summed E-state index contributed by atoms with van der Waals surface area (Å²) in [5.41, 5.74) is 13.5. The van der Waals surface area contributed by atoms with Gasteiger partial charge in [0.05, 0.1) is 13.1 Å². The van der Waals surface area contributed by atoms with Crippen molar-refractivity contribution < 1.29 is 14.3 Å². The van der Waals surface area contributed by atoms with Crippen LogP contribution in [0.4, 0.5) is 5.82 Å². The van der Waals surface area contributed by atoms with Crippen LogP contribution < -0.4 is 21.5 Å². The summed E-state index contributed by atoms with van der Waals surface area (Å²) < 4.78 is 6.17. The maximum atomic E-state index is 12.8. The summed E-state index contributed by atoms with van der Waals surface area (Å²) in [6, 6.07) is 0. The van der Waals surface area contributed by atoms with Gasteiger partial charge >= 0.3 is 0 Å². The Hall–Kier alpha value is -3.21. The quantitative estimate of drug-likeness (QED) is 0.379. The Balaban J connectivity index is 1.52. The number of anilines is 1. The number of allylic oxidation sites excluding steroid dienone is 3. The fraction of sp³-hybridized carbons (Fsp3) is 0.526. The molecule has 0 radical (unpaired) electrons. The van der Waals surface area contributed by atoms with Crippen molar-refractivity contribution in [2.24, 2.45) is 5.92 Å². The number of carbonyl (C=O) groups is 1. The van der Waals surface area contributed by atoms with E-state index in [0.29, 0.717) is 12.2 Å². The molecule has 0 aromatic carbocycles. The lowest BCUT2D eigenvalue weighted by Gasteiger charge is -2.27. The largest absolute Gasteiger partial charge is 0.378 e. The summed E-state index contributed by atoms with van der Waals surface area (Å²) in [6.07, 6.45) is 11.3. The van der Waals surface area contributed by atoms with Crippen molar-refractivity contribution >= 4 is 11.7 Å². The van der Waals surface area contributed by atoms with Gasteiger partial charge < -0.3 is 16.1 Å². The number of carbonyl (C=O) groups excluding carboxylic acids is 1. The van der Waals surface area contributed by atoms with Crippen molar-refractivity contribution in [3.05, 3.63) is 35.3 Å². The van der Waals surface area contributed by atoms with E-state index in [9.17, 15) is 4.79 Å². The van der Waals surface area contributed by atoms with Crippen LogP contribution in [-0.4, -0.2) is 44.3 Å². The van der Waals surface area contributed by atoms with Crippen LogP contribution in [0.15, 0.2) is 28.6 Å². The fourth-order valence-corrected chi connectivity index (χ4v) is 3.85. The summed E-state index contributed by atoms with van der Waals surface area (Å²) in [4.78, 5) is 14.2. The van der Waals surface area contributed by atoms with Gasteiger partial charge in [-0.2, -0.15) is 4.68 Å². The maximum absolute atomic E-state index is 12.8. The van der Waals surface area contributed by atoms with Crippen molar-refractivity contribution in [3.63, 3.8) is 0 Å². The third kappa shape index (κ3) is 4.51. The number of nitrogens with one attached hydrogen (secondary N) is 3. The van der Waals surface area contributed by atoms with E-state index < -0.39 is 0 Å². The number of nitrogen functional groups attached to an aromatic ring is 1. The van der Waals surface area contributed by atoms with Crippen molar-refractivity contribution in [3.8, 4) is 5.82 Å². The number of hydrazine groups is 1. The van der Waals surface area contributed by atoms with Gasteiger partial charge in [-0.15, -0.1) is 5.10 Å². The summed E-state index contributed by atoms with van der Waals surface area (Å²) in [5.74, 6) is 0.704. The molecule has 3 heterocycles. The summed E-state index contributed by atoms with van der Waals surface area (Å²) >= 11 is 0. The number of aromatic nitrogens is 5. The van der Waals surface area contributed by atoms with Gasteiger partial charge in [-0.3, -0.25) is 10.2 Å². The highest BCUT2D eigenvalue weighted by atomic mass is 16.6. The molecule has 1 aliphatic heterocycles. The number of likely N-dealkylation sites (tertiary alicyclic amines) is 1. The molecule has 0 saturated carbocycles. The van der Waals surface area contributed by atoms with Crippen LogP contribution in [0.25, 0.3) is 5.82 Å². The first-order valence-corrected chi connectivity index (χ1v) is 10.4. The number of hydrogen-bond donors (Lipinski definition) is 4. The Morgan fingerprint density at radius 2 is 2.20 bits per heavy atom. The standard InChI is InChI=1S/C19H27N9O2/c1-13-7-9-27(10-8-13)12-15-16(22-26-28(15)18-17(20)24-30-25-18)19(29)23-21-11-14-5-3-2-4-6-14/h2-3,11,13,21H,4-10,12H2,1H3,(H2,20,24)(H,23,29)/p+1. The Morgan fingerprint density at radius 3 is 2.90 bits per heavy atom. The Bertz CT molecular complexity index is 938. The molecule has 4 rings (SSSR count). The van der Waals surface area contributed by atoms with Gasteiger partial charge in [0.1, 0.15) is 12.2 Å². The number of nitrogens with two attached hydrogens (primary N) is 1. The predicted molar refractivity (Wildman–Crippen MR) is 108 cm³/mol. The third-order valence-corrected chi connectivity index (χ3v) is 5.71. The van der Waals surface area contributed by atoms with E-state index in [0.717, 1.165) is 51.1 Å². The van der Waals surface area contributed by atoms with Crippen LogP contribution in [0, 0.1) is 5.92 Å². The smallest absolute Gasteiger partial charge is 0.292 e. The van der Waals surface area contributed by atoms with Gasteiger partial charge in [0.15, 0.2) is 5.69 Å². The normalized spacial score (nSPS) is 22.9. The van der Waals surface area contributed by atoms with Crippen LogP contribution in [0.3, 0.4) is 0 Å². The topological polar surface area (TPSA) is 141 Å². The Kier molecular flexibility index (Phi) is 6.07. The molecule has 0 atom stereocenters. The number of piperidine rings is 1. The lowest BCUT2D eigenvalue weighted by Crippen LogP contribution is -3.11. The van der Waals surface area contributed by atoms with Crippen LogP contribution in [0.1, 0.15) is 55.2 Å². The first kappa shape index (κ1) is 20.1. The molecule has 160 valence electrons. The molecular formula is C19H28N9O2+. The fourth-order valence-electron chi connectivity index (χ4n) is 3.85. The molecule has 0 bridgehead atoms. The number of amides is 1. The van der Waals surface area contributed by atoms with Gasteiger partial charge in [-0.25, -0.2) is 4.63 Å². The first-order valence-electron chi connectivity index (χ1n) is 10.4. The highest BCUT2D eigenvalue weighted by Gasteiger charge is 2.28. The molecule has 0 spiro atoms. The average molecular weight is 414 g/mol. The molecule has 1 aliphatic carbocycles.